The normalized spacial score (nSPS) is 35.1. The Kier molecular flexibility index (Phi) is 12.2. The number of aliphatic hydroxyl groups is 1. The summed E-state index contributed by atoms with van der Waals surface area (Å²) in [5.74, 6) is 2.48. The average molecular weight is 479 g/mol. The number of carbonyl (C=O) groups excluding carboxylic acids is 1. The number of rotatable bonds is 9. The first kappa shape index (κ1) is 27.5. The zero-order valence-electron chi connectivity index (χ0n) is 21.1. The molecule has 3 aliphatic heterocycles. The van der Waals surface area contributed by atoms with Crippen LogP contribution in [0.3, 0.4) is 0 Å². The highest BCUT2D eigenvalue weighted by atomic mass is 16.6. The molecule has 3 rings (SSSR count). The monoisotopic (exact) mass is 478 g/mol. The summed E-state index contributed by atoms with van der Waals surface area (Å²) in [4.78, 5) is 12.8. The Labute approximate surface area is 206 Å². The van der Waals surface area contributed by atoms with Crippen molar-refractivity contribution in [1.82, 2.24) is 0 Å². The molecule has 3 saturated heterocycles. The molecule has 3 fully saturated rings. The molecule has 34 heavy (non-hydrogen) atoms. The van der Waals surface area contributed by atoms with Crippen LogP contribution in [0.1, 0.15) is 109 Å². The second-order valence-electron chi connectivity index (χ2n) is 10.6. The van der Waals surface area contributed by atoms with Crippen LogP contribution in [0, 0.1) is 12.3 Å². The van der Waals surface area contributed by atoms with Crippen LogP contribution in [-0.4, -0.2) is 60.9 Å². The highest BCUT2D eigenvalue weighted by Gasteiger charge is 2.35. The molecule has 1 N–H and O–H groups in total. The van der Waals surface area contributed by atoms with Crippen molar-refractivity contribution in [2.75, 3.05) is 7.11 Å². The number of unbranched alkanes of at least 4 members (excludes halogenated alkanes) is 6. The Bertz CT molecular complexity index is 631. The zero-order valence-corrected chi connectivity index (χ0v) is 21.1. The van der Waals surface area contributed by atoms with Gasteiger partial charge in [-0.15, -0.1) is 12.3 Å². The first-order valence-corrected chi connectivity index (χ1v) is 13.7. The van der Waals surface area contributed by atoms with Crippen LogP contribution < -0.4 is 0 Å². The Morgan fingerprint density at radius 2 is 1.56 bits per heavy atom. The number of ether oxygens (including phenoxy) is 4. The van der Waals surface area contributed by atoms with Crippen LogP contribution >= 0.6 is 0 Å². The second-order valence-corrected chi connectivity index (χ2v) is 10.6. The fraction of sp³-hybridized carbons (Fsp3) is 0.893. The smallest absolute Gasteiger partial charge is 0.308 e. The zero-order chi connectivity index (χ0) is 24.2. The molecule has 6 heteroatoms. The highest BCUT2D eigenvalue weighted by molar-refractivity contribution is 5.70. The van der Waals surface area contributed by atoms with Crippen LogP contribution in [0.5, 0.6) is 0 Å². The van der Waals surface area contributed by atoms with Gasteiger partial charge in [-0.25, -0.2) is 0 Å². The van der Waals surface area contributed by atoms with E-state index >= 15 is 0 Å². The highest BCUT2D eigenvalue weighted by Crippen LogP contribution is 2.31. The number of methoxy groups -OCH3 is 1. The van der Waals surface area contributed by atoms with E-state index in [4.69, 9.17) is 25.4 Å². The molecule has 0 amide bonds. The molecule has 4 bridgehead atoms. The van der Waals surface area contributed by atoms with Gasteiger partial charge in [0, 0.05) is 26.4 Å². The van der Waals surface area contributed by atoms with E-state index in [-0.39, 0.29) is 49.0 Å². The number of carbonyl (C=O) groups is 1. The number of esters is 1. The SMILES string of the molecule is C#CCCCCCCCC[C@H]1C[C@@H]2CCC[C@@H](C[C@@H](OC)C[C@@H]3C[C@@H](O)C[C@H](CC(=O)O1)O3)O2. The van der Waals surface area contributed by atoms with E-state index in [0.717, 1.165) is 70.6 Å². The van der Waals surface area contributed by atoms with Crippen molar-refractivity contribution in [1.29, 1.82) is 0 Å². The minimum atomic E-state index is -0.450. The Hall–Kier alpha value is -1.13. The van der Waals surface area contributed by atoms with Crippen molar-refractivity contribution in [3.05, 3.63) is 0 Å². The van der Waals surface area contributed by atoms with E-state index in [9.17, 15) is 9.90 Å². The predicted octanol–water partition coefficient (Wildman–Crippen LogP) is 5.09. The summed E-state index contributed by atoms with van der Waals surface area (Å²) in [6, 6.07) is 0. The molecule has 0 aliphatic carbocycles. The maximum Gasteiger partial charge on any atom is 0.308 e. The van der Waals surface area contributed by atoms with Crippen LogP contribution in [0.2, 0.25) is 0 Å². The average Bonchev–Trinajstić information content (AvgIpc) is 2.79. The molecule has 0 saturated carbocycles. The molecule has 0 aromatic carbocycles. The van der Waals surface area contributed by atoms with E-state index in [1.807, 2.05) is 0 Å². The fourth-order valence-corrected chi connectivity index (χ4v) is 5.82. The third kappa shape index (κ3) is 9.85. The maximum atomic E-state index is 12.8. The fourth-order valence-electron chi connectivity index (χ4n) is 5.82. The number of hydrogen-bond acceptors (Lipinski definition) is 6. The molecule has 194 valence electrons. The van der Waals surface area contributed by atoms with Crippen molar-refractivity contribution >= 4 is 5.97 Å². The summed E-state index contributed by atoms with van der Waals surface area (Å²) < 4.78 is 24.4. The van der Waals surface area contributed by atoms with Crippen LogP contribution in [0.4, 0.5) is 0 Å². The molecule has 3 aliphatic rings. The van der Waals surface area contributed by atoms with Crippen LogP contribution in [-0.2, 0) is 23.7 Å². The third-order valence-corrected chi connectivity index (χ3v) is 7.59. The van der Waals surface area contributed by atoms with Gasteiger partial charge in [-0.3, -0.25) is 4.79 Å². The molecule has 0 radical (unpaired) electrons. The van der Waals surface area contributed by atoms with Gasteiger partial charge in [0.15, 0.2) is 0 Å². The lowest BCUT2D eigenvalue weighted by Crippen LogP contribution is -2.41. The molecule has 0 unspecified atom stereocenters. The second kappa shape index (κ2) is 15.1. The van der Waals surface area contributed by atoms with Crippen molar-refractivity contribution in [2.45, 2.75) is 152 Å². The number of terminal acetylenes is 1. The molecule has 0 aromatic heterocycles. The summed E-state index contributed by atoms with van der Waals surface area (Å²) in [7, 11) is 1.74. The molecule has 7 atom stereocenters. The molecule has 0 aromatic rings. The quantitative estimate of drug-likeness (QED) is 0.283. The van der Waals surface area contributed by atoms with E-state index < -0.39 is 6.10 Å². The standard InChI is InChI=1S/C28H46O6/c1-3-4-5-6-7-8-9-10-12-24-17-22-13-11-14-23(32-22)18-25(31-2)19-26-15-21(29)16-27(33-26)20-28(30)34-24/h1,21-27,29H,4-20H2,2H3/t21-,22+,23+,24+,25-,26+,27-/m1/s1. The topological polar surface area (TPSA) is 74.2 Å². The molecular formula is C28H46O6. The molecule has 3 heterocycles. The first-order valence-electron chi connectivity index (χ1n) is 13.7. The predicted molar refractivity (Wildman–Crippen MR) is 131 cm³/mol. The van der Waals surface area contributed by atoms with Crippen LogP contribution in [0.25, 0.3) is 0 Å². The van der Waals surface area contributed by atoms with Gasteiger partial charge in [-0.2, -0.15) is 0 Å². The molecule has 6 nitrogen and oxygen atoms in total. The number of aliphatic hydroxyl groups excluding tert-OH is 1. The van der Waals surface area contributed by atoms with E-state index in [2.05, 4.69) is 5.92 Å². The summed E-state index contributed by atoms with van der Waals surface area (Å²) in [6.45, 7) is 0. The molecule has 0 spiro atoms. The van der Waals surface area contributed by atoms with Gasteiger partial charge in [0.05, 0.1) is 43.0 Å². The summed E-state index contributed by atoms with van der Waals surface area (Å²) >= 11 is 0. The van der Waals surface area contributed by atoms with Gasteiger partial charge in [-0.05, 0) is 57.8 Å². The van der Waals surface area contributed by atoms with Crippen molar-refractivity contribution in [3.63, 3.8) is 0 Å². The summed E-state index contributed by atoms with van der Waals surface area (Å²) in [6.07, 6.45) is 20.1. The minimum Gasteiger partial charge on any atom is -0.462 e. The third-order valence-electron chi connectivity index (χ3n) is 7.59. The van der Waals surface area contributed by atoms with Gasteiger partial charge in [0.1, 0.15) is 6.10 Å². The number of cyclic esters (lactones) is 1. The van der Waals surface area contributed by atoms with Gasteiger partial charge in [-0.1, -0.05) is 25.7 Å². The number of hydrogen-bond donors (Lipinski definition) is 1. The van der Waals surface area contributed by atoms with Crippen molar-refractivity contribution < 1.29 is 28.8 Å². The van der Waals surface area contributed by atoms with Gasteiger partial charge < -0.3 is 24.1 Å². The first-order chi connectivity index (χ1) is 16.6. The number of fused-ring (bicyclic) bond motifs is 4. The largest absolute Gasteiger partial charge is 0.462 e. The lowest BCUT2D eigenvalue weighted by Gasteiger charge is -2.37. The lowest BCUT2D eigenvalue weighted by atomic mass is 9.91. The van der Waals surface area contributed by atoms with Crippen LogP contribution in [0.15, 0.2) is 0 Å². The van der Waals surface area contributed by atoms with E-state index in [1.165, 1.54) is 19.3 Å². The summed E-state index contributed by atoms with van der Waals surface area (Å²) in [5.41, 5.74) is 0. The van der Waals surface area contributed by atoms with Gasteiger partial charge >= 0.3 is 5.97 Å². The van der Waals surface area contributed by atoms with Gasteiger partial charge in [0.2, 0.25) is 0 Å². The summed E-state index contributed by atoms with van der Waals surface area (Å²) in [5, 5.41) is 10.4. The van der Waals surface area contributed by atoms with E-state index in [0.29, 0.717) is 12.8 Å². The lowest BCUT2D eigenvalue weighted by molar-refractivity contribution is -0.166. The maximum absolute atomic E-state index is 12.8. The van der Waals surface area contributed by atoms with Crippen molar-refractivity contribution in [3.8, 4) is 12.3 Å². The Balaban J connectivity index is 1.57. The Morgan fingerprint density at radius 3 is 2.32 bits per heavy atom. The van der Waals surface area contributed by atoms with E-state index in [1.54, 1.807) is 7.11 Å². The van der Waals surface area contributed by atoms with Gasteiger partial charge in [0.25, 0.3) is 0 Å². The van der Waals surface area contributed by atoms with Crippen molar-refractivity contribution in [2.24, 2.45) is 0 Å². The Morgan fingerprint density at radius 1 is 0.912 bits per heavy atom. The molecular weight excluding hydrogens is 432 g/mol. The minimum absolute atomic E-state index is 0.0334.